The van der Waals surface area contributed by atoms with Crippen LogP contribution in [0.5, 0.6) is 0 Å². The van der Waals surface area contributed by atoms with Crippen LogP contribution in [-0.4, -0.2) is 47.7 Å². The summed E-state index contributed by atoms with van der Waals surface area (Å²) in [6.45, 7) is 6.56. The van der Waals surface area contributed by atoms with Crippen LogP contribution in [0.15, 0.2) is 0 Å². The molecule has 6 nitrogen and oxygen atoms in total. The Balaban J connectivity index is 2.85. The predicted octanol–water partition coefficient (Wildman–Crippen LogP) is 0.456. The Morgan fingerprint density at radius 2 is 2.22 bits per heavy atom. The number of ether oxygens (including phenoxy) is 1. The smallest absolute Gasteiger partial charge is 0.408 e. The summed E-state index contributed by atoms with van der Waals surface area (Å²) in [5.41, 5.74) is 4.98. The number of rotatable bonds is 4. The molecule has 6 heteroatoms. The van der Waals surface area contributed by atoms with Crippen LogP contribution in [0.25, 0.3) is 0 Å². The number of hydrogen-bond donors (Lipinski definition) is 3. The third-order valence-corrected chi connectivity index (χ3v) is 3.81. The van der Waals surface area contributed by atoms with Crippen LogP contribution in [0, 0.1) is 5.92 Å². The second kappa shape index (κ2) is 5.86. The molecule has 0 aromatic heterocycles. The quantitative estimate of drug-likeness (QED) is 0.638. The van der Waals surface area contributed by atoms with E-state index in [0.717, 1.165) is 19.4 Å². The molecule has 4 N–H and O–H groups in total. The van der Waals surface area contributed by atoms with Gasteiger partial charge in [0.2, 0.25) is 0 Å². The fourth-order valence-corrected chi connectivity index (χ4v) is 2.33. The molecule has 3 atom stereocenters. The minimum absolute atomic E-state index is 0.126. The van der Waals surface area contributed by atoms with Gasteiger partial charge in [0.05, 0.1) is 7.11 Å². The maximum absolute atomic E-state index is 11.4. The van der Waals surface area contributed by atoms with Crippen molar-refractivity contribution in [1.29, 1.82) is 0 Å². The molecule has 0 saturated carbocycles. The molecular formula is C12H25N3O3. The third kappa shape index (κ3) is 2.93. The third-order valence-electron chi connectivity index (χ3n) is 3.81. The molecule has 1 amide bonds. The fraction of sp³-hybridized carbons (Fsp3) is 0.917. The summed E-state index contributed by atoms with van der Waals surface area (Å²) < 4.78 is 4.58. The van der Waals surface area contributed by atoms with Crippen molar-refractivity contribution in [3.8, 4) is 0 Å². The zero-order chi connectivity index (χ0) is 13.9. The molecule has 0 bridgehead atoms. The molecule has 0 aromatic rings. The lowest BCUT2D eigenvalue weighted by Crippen LogP contribution is -2.71. The number of alkyl carbamates (subject to hydrolysis) is 1. The van der Waals surface area contributed by atoms with Gasteiger partial charge in [-0.05, 0) is 25.7 Å². The summed E-state index contributed by atoms with van der Waals surface area (Å²) in [4.78, 5) is 13.3. The van der Waals surface area contributed by atoms with Gasteiger partial charge >= 0.3 is 6.09 Å². The van der Waals surface area contributed by atoms with Crippen LogP contribution in [0.3, 0.4) is 0 Å². The Bertz CT molecular complexity index is 298. The molecule has 0 aromatic carbocycles. The van der Waals surface area contributed by atoms with E-state index in [0.29, 0.717) is 0 Å². The molecular weight excluding hydrogens is 234 g/mol. The Labute approximate surface area is 108 Å². The van der Waals surface area contributed by atoms with E-state index in [1.54, 1.807) is 0 Å². The Hall–Kier alpha value is -0.850. The van der Waals surface area contributed by atoms with Gasteiger partial charge in [0, 0.05) is 12.6 Å². The van der Waals surface area contributed by atoms with Crippen LogP contribution in [0.4, 0.5) is 4.79 Å². The second-order valence-electron chi connectivity index (χ2n) is 5.31. The first-order valence-corrected chi connectivity index (χ1v) is 6.41. The number of nitrogens with one attached hydrogen (secondary N) is 1. The van der Waals surface area contributed by atoms with E-state index >= 15 is 0 Å². The van der Waals surface area contributed by atoms with Crippen molar-refractivity contribution in [3.63, 3.8) is 0 Å². The molecule has 1 saturated heterocycles. The summed E-state index contributed by atoms with van der Waals surface area (Å²) in [7, 11) is 1.28. The number of likely N-dealkylation sites (tertiary alicyclic amines) is 1. The van der Waals surface area contributed by atoms with Crippen LogP contribution in [0.1, 0.15) is 33.6 Å². The van der Waals surface area contributed by atoms with Crippen LogP contribution in [0.2, 0.25) is 0 Å². The number of amides is 1. The number of nitrogens with zero attached hydrogens (tertiary/aromatic N) is 1. The standard InChI is InChI=1S/C12H25N3O3/c1-8(2)12(13,14-11(17)18-4)10(16)15-7-5-6-9(15)3/h8-10,16H,5-7,13H2,1-4H3,(H,14,17)/t9?,10?,12-/m0/s1. The number of hydrogen-bond acceptors (Lipinski definition) is 5. The van der Waals surface area contributed by atoms with Crippen molar-refractivity contribution in [2.24, 2.45) is 11.7 Å². The molecule has 0 spiro atoms. The first-order chi connectivity index (χ1) is 8.32. The number of aliphatic hydroxyl groups excluding tert-OH is 1. The van der Waals surface area contributed by atoms with Crippen molar-refractivity contribution in [1.82, 2.24) is 10.2 Å². The molecule has 18 heavy (non-hydrogen) atoms. The van der Waals surface area contributed by atoms with E-state index in [-0.39, 0.29) is 12.0 Å². The monoisotopic (exact) mass is 259 g/mol. The summed E-state index contributed by atoms with van der Waals surface area (Å²) in [6.07, 6.45) is 0.514. The van der Waals surface area contributed by atoms with E-state index in [4.69, 9.17) is 5.73 Å². The van der Waals surface area contributed by atoms with E-state index in [9.17, 15) is 9.90 Å². The van der Waals surface area contributed by atoms with Crippen molar-refractivity contribution in [2.45, 2.75) is 51.5 Å². The molecule has 1 aliphatic heterocycles. The van der Waals surface area contributed by atoms with Gasteiger partial charge in [0.1, 0.15) is 11.9 Å². The molecule has 2 unspecified atom stereocenters. The second-order valence-corrected chi connectivity index (χ2v) is 5.31. The van der Waals surface area contributed by atoms with Crippen molar-refractivity contribution in [3.05, 3.63) is 0 Å². The molecule has 1 heterocycles. The first-order valence-electron chi connectivity index (χ1n) is 6.41. The minimum atomic E-state index is -1.22. The van der Waals surface area contributed by atoms with Gasteiger partial charge < -0.3 is 15.6 Å². The summed E-state index contributed by atoms with van der Waals surface area (Å²) in [6, 6.07) is 0.265. The maximum atomic E-state index is 11.4. The lowest BCUT2D eigenvalue weighted by atomic mass is 9.94. The number of carbonyl (C=O) groups is 1. The molecule has 1 rings (SSSR count). The molecule has 0 radical (unpaired) electrons. The van der Waals surface area contributed by atoms with Crippen LogP contribution in [-0.2, 0) is 4.74 Å². The van der Waals surface area contributed by atoms with Crippen LogP contribution < -0.4 is 11.1 Å². The minimum Gasteiger partial charge on any atom is -0.453 e. The van der Waals surface area contributed by atoms with Gasteiger partial charge in [-0.2, -0.15) is 0 Å². The summed E-state index contributed by atoms with van der Waals surface area (Å²) in [5.74, 6) is -0.126. The lowest BCUT2D eigenvalue weighted by molar-refractivity contribution is -0.0830. The van der Waals surface area contributed by atoms with Gasteiger partial charge in [0.15, 0.2) is 0 Å². The van der Waals surface area contributed by atoms with E-state index in [1.165, 1.54) is 7.11 Å². The topological polar surface area (TPSA) is 87.8 Å². The summed E-state index contributed by atoms with van der Waals surface area (Å²) in [5, 5.41) is 13.0. The average Bonchev–Trinajstić information content (AvgIpc) is 2.73. The molecule has 0 aliphatic carbocycles. The number of methoxy groups -OCH3 is 1. The van der Waals surface area contributed by atoms with Gasteiger partial charge in [0.25, 0.3) is 0 Å². The SMILES string of the molecule is COC(=O)N[C@@](N)(C(C)C)C(O)N1CCCC1C. The van der Waals surface area contributed by atoms with Crippen molar-refractivity contribution in [2.75, 3.05) is 13.7 Å². The highest BCUT2D eigenvalue weighted by atomic mass is 16.5. The van der Waals surface area contributed by atoms with Gasteiger partial charge in [-0.25, -0.2) is 4.79 Å². The highest BCUT2D eigenvalue weighted by molar-refractivity contribution is 5.68. The van der Waals surface area contributed by atoms with Gasteiger partial charge in [-0.1, -0.05) is 13.8 Å². The zero-order valence-corrected chi connectivity index (χ0v) is 11.6. The Morgan fingerprint density at radius 1 is 1.61 bits per heavy atom. The van der Waals surface area contributed by atoms with Crippen molar-refractivity contribution >= 4 is 6.09 Å². The van der Waals surface area contributed by atoms with Crippen LogP contribution >= 0.6 is 0 Å². The largest absolute Gasteiger partial charge is 0.453 e. The molecule has 1 aliphatic rings. The fourth-order valence-electron chi connectivity index (χ4n) is 2.33. The highest BCUT2D eigenvalue weighted by Gasteiger charge is 2.44. The first kappa shape index (κ1) is 15.2. The Morgan fingerprint density at radius 3 is 2.61 bits per heavy atom. The highest BCUT2D eigenvalue weighted by Crippen LogP contribution is 2.26. The number of carbonyl (C=O) groups excluding carboxylic acids is 1. The summed E-state index contributed by atoms with van der Waals surface area (Å²) >= 11 is 0. The van der Waals surface area contributed by atoms with E-state index < -0.39 is 18.0 Å². The predicted molar refractivity (Wildman–Crippen MR) is 68.7 cm³/mol. The molecule has 1 fully saturated rings. The maximum Gasteiger partial charge on any atom is 0.408 e. The van der Waals surface area contributed by atoms with E-state index in [1.807, 2.05) is 18.7 Å². The van der Waals surface area contributed by atoms with Gasteiger partial charge in [-0.3, -0.25) is 10.2 Å². The number of nitrogens with two attached hydrogens (primary N) is 1. The lowest BCUT2D eigenvalue weighted by Gasteiger charge is -2.43. The van der Waals surface area contributed by atoms with E-state index in [2.05, 4.69) is 17.0 Å². The zero-order valence-electron chi connectivity index (χ0n) is 11.6. The average molecular weight is 259 g/mol. The van der Waals surface area contributed by atoms with Gasteiger partial charge in [-0.15, -0.1) is 0 Å². The molecule has 106 valence electrons. The Kier molecular flexibility index (Phi) is 4.95. The van der Waals surface area contributed by atoms with Crippen molar-refractivity contribution < 1.29 is 14.6 Å². The normalized spacial score (nSPS) is 25.8. The number of aliphatic hydroxyl groups is 1.